The Morgan fingerprint density at radius 3 is 1.75 bits per heavy atom. The van der Waals surface area contributed by atoms with Crippen LogP contribution >= 0.6 is 0 Å². The molecule has 1 rings (SSSR count). The highest BCUT2D eigenvalue weighted by Gasteiger charge is 2.44. The fourth-order valence-corrected chi connectivity index (χ4v) is 6.11. The normalized spacial score (nSPS) is 22.3. The van der Waals surface area contributed by atoms with Gasteiger partial charge in [0.15, 0.2) is 6.29 Å². The number of amides is 1. The molecule has 0 aliphatic carbocycles. The fourth-order valence-electron chi connectivity index (χ4n) is 6.11. The van der Waals surface area contributed by atoms with Gasteiger partial charge in [-0.1, -0.05) is 139 Å². The first kappa shape index (κ1) is 48.9. The zero-order chi connectivity index (χ0) is 38.8. The molecule has 1 fully saturated rings. The van der Waals surface area contributed by atoms with Crippen molar-refractivity contribution in [1.29, 1.82) is 0 Å². The zero-order valence-electron chi connectivity index (χ0n) is 33.2. The van der Waals surface area contributed by atoms with E-state index in [9.17, 15) is 30.3 Å². The quantitative estimate of drug-likeness (QED) is 0.0292. The van der Waals surface area contributed by atoms with Gasteiger partial charge in [-0.3, -0.25) is 4.79 Å². The summed E-state index contributed by atoms with van der Waals surface area (Å²) in [7, 11) is 0. The first-order chi connectivity index (χ1) is 25.8. The molecule has 6 N–H and O–H groups in total. The van der Waals surface area contributed by atoms with Crippen LogP contribution in [0.4, 0.5) is 0 Å². The molecule has 1 heterocycles. The van der Waals surface area contributed by atoms with E-state index in [1.807, 2.05) is 6.08 Å². The van der Waals surface area contributed by atoms with Crippen molar-refractivity contribution in [3.05, 3.63) is 60.8 Å². The van der Waals surface area contributed by atoms with Crippen LogP contribution in [0, 0.1) is 0 Å². The maximum Gasteiger partial charge on any atom is 0.220 e. The molecule has 7 unspecified atom stereocenters. The SMILES string of the molecule is CCC/C=C/CC/C=C/CC/C=C/C(O)C(COC1OC(CO)C(O)C(O)C1O)NC(=O)CCCCCCCCCCC/C=C\C/C=C\CCCCC. The van der Waals surface area contributed by atoms with Crippen molar-refractivity contribution in [2.24, 2.45) is 0 Å². The maximum absolute atomic E-state index is 12.9. The van der Waals surface area contributed by atoms with E-state index in [1.54, 1.807) is 6.08 Å². The molecule has 0 spiro atoms. The molecule has 1 amide bonds. The van der Waals surface area contributed by atoms with E-state index >= 15 is 0 Å². The molecule has 9 heteroatoms. The number of carbonyl (C=O) groups is 1. The lowest BCUT2D eigenvalue weighted by Crippen LogP contribution is -2.60. The third-order valence-corrected chi connectivity index (χ3v) is 9.52. The summed E-state index contributed by atoms with van der Waals surface area (Å²) in [6.07, 6.45) is 36.9. The number of aliphatic hydroxyl groups excluding tert-OH is 5. The number of nitrogens with one attached hydrogen (secondary N) is 1. The van der Waals surface area contributed by atoms with Gasteiger partial charge in [0.2, 0.25) is 5.91 Å². The summed E-state index contributed by atoms with van der Waals surface area (Å²) in [6, 6.07) is -0.829. The van der Waals surface area contributed by atoms with Crippen molar-refractivity contribution in [1.82, 2.24) is 5.32 Å². The van der Waals surface area contributed by atoms with Gasteiger partial charge in [0.25, 0.3) is 0 Å². The molecule has 1 aliphatic heterocycles. The van der Waals surface area contributed by atoms with Crippen molar-refractivity contribution < 1.29 is 39.8 Å². The number of ether oxygens (including phenoxy) is 2. The molecule has 7 atom stereocenters. The van der Waals surface area contributed by atoms with Crippen molar-refractivity contribution in [3.8, 4) is 0 Å². The number of hydrogen-bond donors (Lipinski definition) is 6. The Morgan fingerprint density at radius 2 is 1.17 bits per heavy atom. The summed E-state index contributed by atoms with van der Waals surface area (Å²) in [5, 5.41) is 53.9. The second-order valence-electron chi connectivity index (χ2n) is 14.4. The third-order valence-electron chi connectivity index (χ3n) is 9.52. The predicted octanol–water partition coefficient (Wildman–Crippen LogP) is 8.05. The van der Waals surface area contributed by atoms with Gasteiger partial charge < -0.3 is 40.3 Å². The highest BCUT2D eigenvalue weighted by atomic mass is 16.7. The summed E-state index contributed by atoms with van der Waals surface area (Å²) >= 11 is 0. The maximum atomic E-state index is 12.9. The predicted molar refractivity (Wildman–Crippen MR) is 216 cm³/mol. The molecule has 306 valence electrons. The average molecular weight is 748 g/mol. The van der Waals surface area contributed by atoms with Crippen LogP contribution in [0.2, 0.25) is 0 Å². The number of rotatable bonds is 33. The number of allylic oxidation sites excluding steroid dienone is 9. The molecule has 53 heavy (non-hydrogen) atoms. The van der Waals surface area contributed by atoms with Crippen LogP contribution in [0.3, 0.4) is 0 Å². The molecule has 0 aromatic carbocycles. The van der Waals surface area contributed by atoms with Gasteiger partial charge in [-0.15, -0.1) is 0 Å². The number of unbranched alkanes of at least 4 members (excludes halogenated alkanes) is 15. The zero-order valence-corrected chi connectivity index (χ0v) is 33.2. The Labute approximate surface area is 322 Å². The van der Waals surface area contributed by atoms with Crippen molar-refractivity contribution >= 4 is 5.91 Å². The van der Waals surface area contributed by atoms with Crippen LogP contribution in [0.5, 0.6) is 0 Å². The first-order valence-corrected chi connectivity index (χ1v) is 21.0. The Hall–Kier alpha value is -2.11. The Bertz CT molecular complexity index is 1010. The van der Waals surface area contributed by atoms with Gasteiger partial charge in [-0.2, -0.15) is 0 Å². The highest BCUT2D eigenvalue weighted by molar-refractivity contribution is 5.76. The minimum absolute atomic E-state index is 0.201. The molecule has 0 aromatic rings. The second kappa shape index (κ2) is 34.4. The van der Waals surface area contributed by atoms with Crippen LogP contribution in [0.1, 0.15) is 155 Å². The Kier molecular flexibility index (Phi) is 31.7. The molecule has 0 aromatic heterocycles. The van der Waals surface area contributed by atoms with E-state index in [0.29, 0.717) is 6.42 Å². The lowest BCUT2D eigenvalue weighted by atomic mass is 9.99. The van der Waals surface area contributed by atoms with Crippen molar-refractivity contribution in [3.63, 3.8) is 0 Å². The molecule has 1 aliphatic rings. The molecular weight excluding hydrogens is 670 g/mol. The fraction of sp³-hybridized carbons (Fsp3) is 0.750. The third kappa shape index (κ3) is 25.6. The van der Waals surface area contributed by atoms with E-state index in [0.717, 1.165) is 77.0 Å². The van der Waals surface area contributed by atoms with Gasteiger partial charge in [-0.25, -0.2) is 0 Å². The van der Waals surface area contributed by atoms with E-state index in [4.69, 9.17) is 9.47 Å². The van der Waals surface area contributed by atoms with Gasteiger partial charge in [0.1, 0.15) is 24.4 Å². The van der Waals surface area contributed by atoms with Crippen molar-refractivity contribution in [2.45, 2.75) is 198 Å². The highest BCUT2D eigenvalue weighted by Crippen LogP contribution is 2.22. The molecular formula is C44H77NO8. The van der Waals surface area contributed by atoms with E-state index in [-0.39, 0.29) is 12.5 Å². The van der Waals surface area contributed by atoms with Gasteiger partial charge in [-0.05, 0) is 70.6 Å². The summed E-state index contributed by atoms with van der Waals surface area (Å²) in [5.41, 5.74) is 0. The van der Waals surface area contributed by atoms with Crippen LogP contribution < -0.4 is 5.32 Å². The minimum Gasteiger partial charge on any atom is -0.394 e. The molecule has 1 saturated heterocycles. The average Bonchev–Trinajstić information content (AvgIpc) is 3.16. The van der Waals surface area contributed by atoms with Crippen LogP contribution in [0.25, 0.3) is 0 Å². The number of hydrogen-bond acceptors (Lipinski definition) is 8. The molecule has 0 radical (unpaired) electrons. The van der Waals surface area contributed by atoms with E-state index in [2.05, 4.69) is 67.8 Å². The molecule has 0 saturated carbocycles. The van der Waals surface area contributed by atoms with Gasteiger partial charge in [0.05, 0.1) is 25.4 Å². The Morgan fingerprint density at radius 1 is 0.642 bits per heavy atom. The van der Waals surface area contributed by atoms with E-state index in [1.165, 1.54) is 57.8 Å². The molecule has 0 bridgehead atoms. The largest absolute Gasteiger partial charge is 0.394 e. The van der Waals surface area contributed by atoms with Gasteiger partial charge in [0, 0.05) is 6.42 Å². The summed E-state index contributed by atoms with van der Waals surface area (Å²) in [5.74, 6) is -0.201. The lowest BCUT2D eigenvalue weighted by Gasteiger charge is -2.40. The standard InChI is InChI=1S/C44H77NO8/c1-3-5-7-9-11-13-15-16-17-18-19-20-21-22-24-26-28-30-32-34-40(48)45-37(36-52-44-43(51)42(50)41(49)39(35-46)53-44)38(47)33-31-29-27-25-23-14-12-10-8-6-4-2/h8,10-11,13,16-17,23,25,31,33,37-39,41-44,46-47,49-51H,3-7,9,12,14-15,18-22,24,26-30,32,34-36H2,1-2H3,(H,45,48)/b10-8+,13-11-,17-16-,25-23+,33-31+. The monoisotopic (exact) mass is 748 g/mol. The number of aliphatic hydroxyl groups is 5. The smallest absolute Gasteiger partial charge is 0.220 e. The molecule has 9 nitrogen and oxygen atoms in total. The van der Waals surface area contributed by atoms with Crippen LogP contribution in [-0.4, -0.2) is 87.5 Å². The first-order valence-electron chi connectivity index (χ1n) is 21.0. The topological polar surface area (TPSA) is 149 Å². The summed E-state index contributed by atoms with van der Waals surface area (Å²) in [4.78, 5) is 12.9. The Balaban J connectivity index is 2.39. The summed E-state index contributed by atoms with van der Waals surface area (Å²) < 4.78 is 11.1. The van der Waals surface area contributed by atoms with Crippen molar-refractivity contribution in [2.75, 3.05) is 13.2 Å². The van der Waals surface area contributed by atoms with Crippen LogP contribution in [0.15, 0.2) is 60.8 Å². The number of carbonyl (C=O) groups excluding carboxylic acids is 1. The summed E-state index contributed by atoms with van der Waals surface area (Å²) in [6.45, 7) is 3.62. The minimum atomic E-state index is -1.57. The second-order valence-corrected chi connectivity index (χ2v) is 14.4. The van der Waals surface area contributed by atoms with Gasteiger partial charge >= 0.3 is 0 Å². The lowest BCUT2D eigenvalue weighted by molar-refractivity contribution is -0.302. The van der Waals surface area contributed by atoms with Crippen LogP contribution in [-0.2, 0) is 14.3 Å². The van der Waals surface area contributed by atoms with E-state index < -0.39 is 49.5 Å².